The van der Waals surface area contributed by atoms with Crippen molar-refractivity contribution in [2.24, 2.45) is 11.3 Å². The first-order chi connectivity index (χ1) is 10.8. The zero-order chi connectivity index (χ0) is 17.0. The SMILES string of the molecule is C=C(C(C)C)[C@H](CNC1CCCC(C)(C)C1)c1ccc(Br)cc1. The smallest absolute Gasteiger partial charge is 0.0175 e. The molecule has 0 amide bonds. The van der Waals surface area contributed by atoms with Crippen molar-refractivity contribution in [2.45, 2.75) is 65.3 Å². The lowest BCUT2D eigenvalue weighted by molar-refractivity contribution is 0.198. The van der Waals surface area contributed by atoms with Gasteiger partial charge in [0.2, 0.25) is 0 Å². The second-order valence-electron chi connectivity index (χ2n) is 8.20. The molecule has 0 spiro atoms. The van der Waals surface area contributed by atoms with E-state index in [1.165, 1.54) is 36.8 Å². The minimum atomic E-state index is 0.396. The van der Waals surface area contributed by atoms with Crippen LogP contribution in [-0.2, 0) is 0 Å². The summed E-state index contributed by atoms with van der Waals surface area (Å²) < 4.78 is 1.14. The van der Waals surface area contributed by atoms with E-state index in [4.69, 9.17) is 0 Å². The second-order valence-corrected chi connectivity index (χ2v) is 9.12. The third-order valence-electron chi connectivity index (χ3n) is 5.28. The number of hydrogen-bond acceptors (Lipinski definition) is 1. The van der Waals surface area contributed by atoms with E-state index in [-0.39, 0.29) is 0 Å². The molecule has 0 radical (unpaired) electrons. The standard InChI is InChI=1S/C21H32BrN/c1-15(2)16(3)20(17-8-10-18(22)11-9-17)14-23-19-7-6-12-21(4,5)13-19/h8-11,15,19-20,23H,3,6-7,12-14H2,1-2,4-5H3/t19?,20-/m0/s1. The van der Waals surface area contributed by atoms with Crippen LogP contribution < -0.4 is 5.32 Å². The van der Waals surface area contributed by atoms with Crippen LogP contribution in [0.4, 0.5) is 0 Å². The first kappa shape index (κ1) is 18.7. The van der Waals surface area contributed by atoms with Gasteiger partial charge < -0.3 is 5.32 Å². The summed E-state index contributed by atoms with van der Waals surface area (Å²) in [6, 6.07) is 9.39. The summed E-state index contributed by atoms with van der Waals surface area (Å²) in [7, 11) is 0. The Hall–Kier alpha value is -0.600. The van der Waals surface area contributed by atoms with Crippen molar-refractivity contribution >= 4 is 15.9 Å². The minimum absolute atomic E-state index is 0.396. The van der Waals surface area contributed by atoms with Gasteiger partial charge in [-0.2, -0.15) is 0 Å². The lowest BCUT2D eigenvalue weighted by Crippen LogP contribution is -2.39. The van der Waals surface area contributed by atoms with E-state index < -0.39 is 0 Å². The lowest BCUT2D eigenvalue weighted by Gasteiger charge is -2.36. The van der Waals surface area contributed by atoms with Crippen LogP contribution >= 0.6 is 15.9 Å². The molecule has 0 aromatic heterocycles. The van der Waals surface area contributed by atoms with E-state index in [0.29, 0.717) is 23.3 Å². The van der Waals surface area contributed by atoms with Crippen LogP contribution in [0.5, 0.6) is 0 Å². The zero-order valence-electron chi connectivity index (χ0n) is 15.2. The van der Waals surface area contributed by atoms with Gasteiger partial charge in [0, 0.05) is 23.0 Å². The van der Waals surface area contributed by atoms with Crippen LogP contribution in [0.25, 0.3) is 0 Å². The first-order valence-corrected chi connectivity index (χ1v) is 9.75. The molecule has 2 heteroatoms. The molecule has 0 heterocycles. The molecule has 2 rings (SSSR count). The van der Waals surface area contributed by atoms with E-state index in [2.05, 4.69) is 79.8 Å². The highest BCUT2D eigenvalue weighted by atomic mass is 79.9. The number of nitrogens with one attached hydrogen (secondary N) is 1. The summed E-state index contributed by atoms with van der Waals surface area (Å²) in [6.07, 6.45) is 5.30. The van der Waals surface area contributed by atoms with Crippen LogP contribution in [0.15, 0.2) is 40.9 Å². The zero-order valence-corrected chi connectivity index (χ0v) is 16.7. The Kier molecular flexibility index (Phi) is 6.50. The third-order valence-corrected chi connectivity index (χ3v) is 5.81. The summed E-state index contributed by atoms with van der Waals surface area (Å²) in [4.78, 5) is 0. The van der Waals surface area contributed by atoms with Crippen molar-refractivity contribution in [1.82, 2.24) is 5.32 Å². The highest BCUT2D eigenvalue weighted by Gasteiger charge is 2.28. The Bertz CT molecular complexity index is 515. The van der Waals surface area contributed by atoms with E-state index in [0.717, 1.165) is 11.0 Å². The molecule has 0 bridgehead atoms. The molecule has 23 heavy (non-hydrogen) atoms. The van der Waals surface area contributed by atoms with Crippen LogP contribution in [0, 0.1) is 11.3 Å². The van der Waals surface area contributed by atoms with Crippen LogP contribution in [0.3, 0.4) is 0 Å². The maximum absolute atomic E-state index is 4.39. The number of halogens is 1. The molecule has 128 valence electrons. The molecular weight excluding hydrogens is 346 g/mol. The molecule has 1 aromatic rings. The monoisotopic (exact) mass is 377 g/mol. The van der Waals surface area contributed by atoms with Gasteiger partial charge in [0.25, 0.3) is 0 Å². The lowest BCUT2D eigenvalue weighted by atomic mass is 9.75. The summed E-state index contributed by atoms with van der Waals surface area (Å²) in [6.45, 7) is 14.7. The van der Waals surface area contributed by atoms with Gasteiger partial charge in [-0.25, -0.2) is 0 Å². The molecule has 1 N–H and O–H groups in total. The van der Waals surface area contributed by atoms with Crippen molar-refractivity contribution in [2.75, 3.05) is 6.54 Å². The highest BCUT2D eigenvalue weighted by Crippen LogP contribution is 2.36. The fourth-order valence-electron chi connectivity index (χ4n) is 3.72. The normalized spacial score (nSPS) is 22.1. The predicted octanol–water partition coefficient (Wildman–Crippen LogP) is 6.30. The van der Waals surface area contributed by atoms with Gasteiger partial charge in [-0.1, -0.05) is 74.3 Å². The first-order valence-electron chi connectivity index (χ1n) is 8.96. The fourth-order valence-corrected chi connectivity index (χ4v) is 3.98. The van der Waals surface area contributed by atoms with Crippen molar-refractivity contribution in [3.05, 3.63) is 46.5 Å². The topological polar surface area (TPSA) is 12.0 Å². The molecule has 1 fully saturated rings. The molecule has 1 aliphatic rings. The third kappa shape index (κ3) is 5.46. The summed E-state index contributed by atoms with van der Waals surface area (Å²) >= 11 is 3.54. The largest absolute Gasteiger partial charge is 0.313 e. The molecule has 1 unspecified atom stereocenters. The van der Waals surface area contributed by atoms with Crippen LogP contribution in [-0.4, -0.2) is 12.6 Å². The van der Waals surface area contributed by atoms with Gasteiger partial charge in [-0.15, -0.1) is 0 Å². The highest BCUT2D eigenvalue weighted by molar-refractivity contribution is 9.10. The van der Waals surface area contributed by atoms with Crippen molar-refractivity contribution in [1.29, 1.82) is 0 Å². The van der Waals surface area contributed by atoms with Gasteiger partial charge >= 0.3 is 0 Å². The Morgan fingerprint density at radius 3 is 2.52 bits per heavy atom. The van der Waals surface area contributed by atoms with Gasteiger partial charge in [-0.3, -0.25) is 0 Å². The summed E-state index contributed by atoms with van der Waals surface area (Å²) in [5, 5.41) is 3.85. The number of rotatable bonds is 6. The van der Waals surface area contributed by atoms with Crippen molar-refractivity contribution in [3.8, 4) is 0 Å². The average Bonchev–Trinajstić information content (AvgIpc) is 2.48. The maximum atomic E-state index is 4.39. The Labute approximate surface area is 151 Å². The van der Waals surface area contributed by atoms with E-state index in [1.54, 1.807) is 0 Å². The maximum Gasteiger partial charge on any atom is 0.0175 e. The Morgan fingerprint density at radius 2 is 1.96 bits per heavy atom. The van der Waals surface area contributed by atoms with Gasteiger partial charge in [-0.05, 0) is 48.3 Å². The Morgan fingerprint density at radius 1 is 1.30 bits per heavy atom. The molecule has 2 atom stereocenters. The predicted molar refractivity (Wildman–Crippen MR) is 105 cm³/mol. The summed E-state index contributed by atoms with van der Waals surface area (Å²) in [5.74, 6) is 0.904. The molecular formula is C21H32BrN. The summed E-state index contributed by atoms with van der Waals surface area (Å²) in [5.41, 5.74) is 3.18. The van der Waals surface area contributed by atoms with Crippen molar-refractivity contribution < 1.29 is 0 Å². The number of hydrogen-bond donors (Lipinski definition) is 1. The van der Waals surface area contributed by atoms with Gasteiger partial charge in [0.05, 0.1) is 0 Å². The van der Waals surface area contributed by atoms with Crippen molar-refractivity contribution in [3.63, 3.8) is 0 Å². The molecule has 0 aliphatic heterocycles. The Balaban J connectivity index is 2.06. The van der Waals surface area contributed by atoms with Crippen LogP contribution in [0.1, 0.15) is 64.9 Å². The quantitative estimate of drug-likeness (QED) is 0.573. The molecule has 1 aliphatic carbocycles. The minimum Gasteiger partial charge on any atom is -0.313 e. The van der Waals surface area contributed by atoms with E-state index in [9.17, 15) is 0 Å². The van der Waals surface area contributed by atoms with E-state index in [1.807, 2.05) is 0 Å². The van der Waals surface area contributed by atoms with E-state index >= 15 is 0 Å². The van der Waals surface area contributed by atoms with Crippen LogP contribution in [0.2, 0.25) is 0 Å². The molecule has 1 aromatic carbocycles. The molecule has 1 nitrogen and oxygen atoms in total. The van der Waals surface area contributed by atoms with Gasteiger partial charge in [0.15, 0.2) is 0 Å². The van der Waals surface area contributed by atoms with Gasteiger partial charge in [0.1, 0.15) is 0 Å². The second kappa shape index (κ2) is 7.98. The number of benzene rings is 1. The molecule has 0 saturated heterocycles. The average molecular weight is 378 g/mol. The molecule has 1 saturated carbocycles. The fraction of sp³-hybridized carbons (Fsp3) is 0.619.